The average Bonchev–Trinajstić information content (AvgIpc) is 3.38. The Morgan fingerprint density at radius 1 is 1.46 bits per heavy atom. The summed E-state index contributed by atoms with van der Waals surface area (Å²) in [5, 5.41) is 21.8. The number of fused-ring (bicyclic) bond motifs is 1. The van der Waals surface area contributed by atoms with Crippen LogP contribution in [0.1, 0.15) is 47.0 Å². The number of carbonyl (C=O) groups is 3. The predicted molar refractivity (Wildman–Crippen MR) is 93.2 cm³/mol. The van der Waals surface area contributed by atoms with Crippen LogP contribution in [-0.2, 0) is 19.1 Å². The molecule has 0 spiro atoms. The molecule has 2 N–H and O–H groups in total. The first-order valence-corrected chi connectivity index (χ1v) is 9.32. The summed E-state index contributed by atoms with van der Waals surface area (Å²) < 4.78 is 5.26. The van der Waals surface area contributed by atoms with Gasteiger partial charge in [-0.2, -0.15) is 0 Å². The monoisotopic (exact) mass is 364 g/mol. The molecular formula is C20H28O6. The van der Waals surface area contributed by atoms with E-state index in [1.165, 1.54) is 0 Å². The molecule has 1 heterocycles. The Labute approximate surface area is 153 Å². The summed E-state index contributed by atoms with van der Waals surface area (Å²) in [6.07, 6.45) is 0.840. The van der Waals surface area contributed by atoms with Crippen molar-refractivity contribution in [2.75, 3.05) is 0 Å². The Morgan fingerprint density at radius 2 is 2.12 bits per heavy atom. The summed E-state index contributed by atoms with van der Waals surface area (Å²) in [7, 11) is 0. The third kappa shape index (κ3) is 2.53. The highest BCUT2D eigenvalue weighted by Crippen LogP contribution is 2.60. The fourth-order valence-electron chi connectivity index (χ4n) is 5.38. The zero-order valence-electron chi connectivity index (χ0n) is 15.8. The SMILES string of the molecule is CC1=CCCC2[C@@]1(C)C(=O)C(O)C(C)[C@]2(C)C(O)CC1OC1C(=O)C=O. The van der Waals surface area contributed by atoms with E-state index in [1.807, 2.05) is 26.8 Å². The van der Waals surface area contributed by atoms with Crippen LogP contribution in [0.3, 0.4) is 0 Å². The minimum atomic E-state index is -1.15. The van der Waals surface area contributed by atoms with Crippen molar-refractivity contribution in [3.05, 3.63) is 11.6 Å². The van der Waals surface area contributed by atoms with Crippen molar-refractivity contribution in [1.82, 2.24) is 0 Å². The van der Waals surface area contributed by atoms with Crippen molar-refractivity contribution in [3.8, 4) is 0 Å². The molecule has 6 nitrogen and oxygen atoms in total. The first-order chi connectivity index (χ1) is 12.1. The molecule has 0 bridgehead atoms. The van der Waals surface area contributed by atoms with E-state index >= 15 is 0 Å². The van der Waals surface area contributed by atoms with Crippen LogP contribution in [0.2, 0.25) is 0 Å². The second kappa shape index (κ2) is 6.36. The smallest absolute Gasteiger partial charge is 0.226 e. The lowest BCUT2D eigenvalue weighted by molar-refractivity contribution is -0.180. The number of ether oxygens (including phenoxy) is 1. The average molecular weight is 364 g/mol. The third-order valence-electron chi connectivity index (χ3n) is 7.56. The summed E-state index contributed by atoms with van der Waals surface area (Å²) in [5.41, 5.74) is -0.569. The fourth-order valence-corrected chi connectivity index (χ4v) is 5.38. The molecular weight excluding hydrogens is 336 g/mol. The van der Waals surface area contributed by atoms with E-state index in [9.17, 15) is 24.6 Å². The molecule has 0 radical (unpaired) electrons. The summed E-state index contributed by atoms with van der Waals surface area (Å²) in [5.74, 6) is -1.32. The second-order valence-corrected chi connectivity index (χ2v) is 8.55. The van der Waals surface area contributed by atoms with Crippen molar-refractivity contribution in [2.24, 2.45) is 22.7 Å². The number of rotatable bonds is 5. The molecule has 1 saturated heterocycles. The molecule has 2 aliphatic carbocycles. The van der Waals surface area contributed by atoms with Gasteiger partial charge in [0.1, 0.15) is 12.2 Å². The quantitative estimate of drug-likeness (QED) is 0.329. The van der Waals surface area contributed by atoms with Gasteiger partial charge in [0.2, 0.25) is 5.78 Å². The largest absolute Gasteiger partial charge is 0.392 e. The zero-order valence-corrected chi connectivity index (χ0v) is 15.8. The number of Topliss-reactive ketones (excluding diaryl/α,β-unsaturated/α-hetero) is 2. The zero-order chi connectivity index (χ0) is 19.4. The van der Waals surface area contributed by atoms with E-state index in [2.05, 4.69) is 0 Å². The Kier molecular flexibility index (Phi) is 4.74. The van der Waals surface area contributed by atoms with Crippen LogP contribution in [0.4, 0.5) is 0 Å². The number of hydrogen-bond donors (Lipinski definition) is 2. The second-order valence-electron chi connectivity index (χ2n) is 8.55. The molecule has 1 saturated carbocycles. The van der Waals surface area contributed by atoms with Crippen molar-refractivity contribution >= 4 is 17.9 Å². The van der Waals surface area contributed by atoms with Gasteiger partial charge in [-0.15, -0.1) is 0 Å². The summed E-state index contributed by atoms with van der Waals surface area (Å²) in [4.78, 5) is 35.0. The lowest BCUT2D eigenvalue weighted by Gasteiger charge is -2.59. The molecule has 3 rings (SSSR count). The molecule has 6 heteroatoms. The molecule has 144 valence electrons. The highest BCUT2D eigenvalue weighted by atomic mass is 16.6. The Morgan fingerprint density at radius 3 is 2.73 bits per heavy atom. The van der Waals surface area contributed by atoms with E-state index in [4.69, 9.17) is 4.74 Å². The van der Waals surface area contributed by atoms with E-state index in [0.29, 0.717) is 0 Å². The maximum Gasteiger partial charge on any atom is 0.226 e. The first-order valence-electron chi connectivity index (χ1n) is 9.32. The molecule has 0 amide bonds. The minimum Gasteiger partial charge on any atom is -0.392 e. The highest BCUT2D eigenvalue weighted by Gasteiger charge is 2.64. The minimum absolute atomic E-state index is 0.111. The van der Waals surface area contributed by atoms with Gasteiger partial charge in [0.25, 0.3) is 0 Å². The van der Waals surface area contributed by atoms with Gasteiger partial charge in [-0.05, 0) is 38.5 Å². The van der Waals surface area contributed by atoms with Crippen molar-refractivity contribution in [1.29, 1.82) is 0 Å². The van der Waals surface area contributed by atoms with Gasteiger partial charge >= 0.3 is 0 Å². The van der Waals surface area contributed by atoms with E-state index in [1.54, 1.807) is 6.92 Å². The maximum atomic E-state index is 12.9. The van der Waals surface area contributed by atoms with Crippen LogP contribution in [0.25, 0.3) is 0 Å². The lowest BCUT2D eigenvalue weighted by Crippen LogP contribution is -2.64. The van der Waals surface area contributed by atoms with Gasteiger partial charge < -0.3 is 14.9 Å². The van der Waals surface area contributed by atoms with Gasteiger partial charge in [-0.25, -0.2) is 0 Å². The standard InChI is InChI=1S/C20H28O6/c1-10-6-5-7-14-19(10,3)18(25)16(24)11(2)20(14,4)15(23)8-13-17(26-13)12(22)9-21/h6,9,11,13-17,23-24H,5,7-8H2,1-4H3/t11?,13?,14?,15?,16?,17?,19-,20-/m0/s1. The summed E-state index contributed by atoms with van der Waals surface area (Å²) in [6, 6.07) is 0. The van der Waals surface area contributed by atoms with Crippen LogP contribution < -0.4 is 0 Å². The van der Waals surface area contributed by atoms with Crippen LogP contribution in [0.15, 0.2) is 11.6 Å². The predicted octanol–water partition coefficient (Wildman–Crippen LogP) is 1.22. The molecule has 0 aromatic rings. The molecule has 3 aliphatic rings. The van der Waals surface area contributed by atoms with E-state index in [0.717, 1.165) is 18.4 Å². The summed E-state index contributed by atoms with van der Waals surface area (Å²) >= 11 is 0. The van der Waals surface area contributed by atoms with E-state index in [-0.39, 0.29) is 24.4 Å². The van der Waals surface area contributed by atoms with Gasteiger partial charge in [-0.3, -0.25) is 14.4 Å². The Bertz CT molecular complexity index is 669. The van der Waals surface area contributed by atoms with Gasteiger partial charge in [0.05, 0.1) is 17.6 Å². The van der Waals surface area contributed by atoms with Crippen molar-refractivity contribution in [2.45, 2.75) is 71.4 Å². The molecule has 6 unspecified atom stereocenters. The number of aliphatic hydroxyl groups is 2. The van der Waals surface area contributed by atoms with Crippen LogP contribution in [0, 0.1) is 22.7 Å². The van der Waals surface area contributed by atoms with Crippen molar-refractivity contribution in [3.63, 3.8) is 0 Å². The van der Waals surface area contributed by atoms with Crippen LogP contribution >= 0.6 is 0 Å². The van der Waals surface area contributed by atoms with E-state index < -0.39 is 46.9 Å². The molecule has 1 aliphatic heterocycles. The molecule has 2 fully saturated rings. The number of allylic oxidation sites excluding steroid dienone is 2. The number of ketones is 2. The van der Waals surface area contributed by atoms with Crippen molar-refractivity contribution < 1.29 is 29.3 Å². The first kappa shape index (κ1) is 19.4. The van der Waals surface area contributed by atoms with Crippen LogP contribution in [0.5, 0.6) is 0 Å². The normalized spacial score (nSPS) is 46.2. The number of hydrogen-bond acceptors (Lipinski definition) is 6. The number of aliphatic hydroxyl groups excluding tert-OH is 2. The fraction of sp³-hybridized carbons (Fsp3) is 0.750. The highest BCUT2D eigenvalue weighted by molar-refractivity contribution is 6.28. The Hall–Kier alpha value is -1.37. The lowest BCUT2D eigenvalue weighted by atomic mass is 9.45. The topological polar surface area (TPSA) is 104 Å². The Balaban J connectivity index is 1.91. The number of epoxide rings is 1. The van der Waals surface area contributed by atoms with Gasteiger partial charge in [0, 0.05) is 11.8 Å². The van der Waals surface area contributed by atoms with Gasteiger partial charge in [0.15, 0.2) is 12.1 Å². The summed E-state index contributed by atoms with van der Waals surface area (Å²) in [6.45, 7) is 7.53. The number of aldehydes is 1. The van der Waals surface area contributed by atoms with Crippen LogP contribution in [-0.4, -0.2) is 52.5 Å². The third-order valence-corrected chi connectivity index (χ3v) is 7.56. The molecule has 8 atom stereocenters. The number of carbonyl (C=O) groups excluding carboxylic acids is 3. The molecule has 0 aromatic carbocycles. The maximum absolute atomic E-state index is 12.9. The van der Waals surface area contributed by atoms with Gasteiger partial charge in [-0.1, -0.05) is 25.5 Å². The molecule has 26 heavy (non-hydrogen) atoms. The molecule has 0 aromatic heterocycles.